The van der Waals surface area contributed by atoms with Gasteiger partial charge in [0.2, 0.25) is 0 Å². The molecule has 2 amide bonds. The van der Waals surface area contributed by atoms with Gasteiger partial charge in [0, 0.05) is 17.1 Å². The minimum absolute atomic E-state index is 0.107. The van der Waals surface area contributed by atoms with Crippen LogP contribution in [0.2, 0.25) is 0 Å². The van der Waals surface area contributed by atoms with Crippen LogP contribution < -0.4 is 15.6 Å². The van der Waals surface area contributed by atoms with Gasteiger partial charge in [-0.3, -0.25) is 4.79 Å². The Bertz CT molecular complexity index is 1130. The highest BCUT2D eigenvalue weighted by molar-refractivity contribution is 5.91. The number of hydrogen-bond donors (Lipinski definition) is 2. The molecule has 162 valence electrons. The molecule has 31 heavy (non-hydrogen) atoms. The molecule has 1 fully saturated rings. The zero-order valence-electron chi connectivity index (χ0n) is 18.1. The van der Waals surface area contributed by atoms with E-state index >= 15 is 0 Å². The molecule has 0 saturated heterocycles. The molecule has 0 radical (unpaired) electrons. The minimum atomic E-state index is -0.208. The van der Waals surface area contributed by atoms with Crippen molar-refractivity contribution in [2.45, 2.75) is 51.6 Å². The maximum atomic E-state index is 13.4. The second-order valence-electron chi connectivity index (χ2n) is 8.26. The molecule has 1 aliphatic rings. The topological polar surface area (TPSA) is 74.4 Å². The quantitative estimate of drug-likeness (QED) is 0.596. The highest BCUT2D eigenvalue weighted by Crippen LogP contribution is 2.27. The number of anilines is 1. The highest BCUT2D eigenvalue weighted by atomic mass is 16.5. The molecule has 1 heterocycles. The number of H-pyrrole nitrogens is 1. The molecule has 0 bridgehead atoms. The number of aromatic nitrogens is 1. The standard InChI is InChI=1S/C25H29N3O3/c1-17-12-13-21-18(14-17)15-19(24(29)26-21)16-28(20-8-4-3-5-9-20)25(30)27-22-10-6-7-11-23(22)31-2/h6-7,10-15,20H,3-5,8-9,16H2,1-2H3,(H,26,29)(H,27,30). The van der Waals surface area contributed by atoms with Crippen LogP contribution in [0.3, 0.4) is 0 Å². The highest BCUT2D eigenvalue weighted by Gasteiger charge is 2.27. The zero-order valence-corrected chi connectivity index (χ0v) is 18.1. The van der Waals surface area contributed by atoms with Gasteiger partial charge in [-0.2, -0.15) is 0 Å². The van der Waals surface area contributed by atoms with Crippen molar-refractivity contribution in [2.75, 3.05) is 12.4 Å². The Hall–Kier alpha value is -3.28. The summed E-state index contributed by atoms with van der Waals surface area (Å²) in [6.07, 6.45) is 5.27. The first-order valence-corrected chi connectivity index (χ1v) is 10.9. The lowest BCUT2D eigenvalue weighted by Gasteiger charge is -2.34. The fourth-order valence-electron chi connectivity index (χ4n) is 4.37. The zero-order chi connectivity index (χ0) is 21.8. The number of amides is 2. The largest absolute Gasteiger partial charge is 0.495 e. The van der Waals surface area contributed by atoms with E-state index in [1.165, 1.54) is 6.42 Å². The van der Waals surface area contributed by atoms with Gasteiger partial charge in [0.25, 0.3) is 5.56 Å². The number of carbonyl (C=O) groups is 1. The molecule has 1 saturated carbocycles. The summed E-state index contributed by atoms with van der Waals surface area (Å²) in [6.45, 7) is 2.30. The second-order valence-corrected chi connectivity index (χ2v) is 8.26. The Morgan fingerprint density at radius 3 is 2.68 bits per heavy atom. The number of pyridine rings is 1. The number of aromatic amines is 1. The molecule has 0 unspecified atom stereocenters. The van der Waals surface area contributed by atoms with Crippen LogP contribution in [0, 0.1) is 6.92 Å². The minimum Gasteiger partial charge on any atom is -0.495 e. The predicted molar refractivity (Wildman–Crippen MR) is 124 cm³/mol. The normalized spacial score (nSPS) is 14.4. The molecule has 1 aliphatic carbocycles. The van der Waals surface area contributed by atoms with E-state index in [0.717, 1.165) is 42.1 Å². The molecule has 6 heteroatoms. The number of carbonyl (C=O) groups excluding carboxylic acids is 1. The number of benzene rings is 2. The molecule has 0 aliphatic heterocycles. The van der Waals surface area contributed by atoms with E-state index < -0.39 is 0 Å². The fraction of sp³-hybridized carbons (Fsp3) is 0.360. The van der Waals surface area contributed by atoms with Gasteiger partial charge < -0.3 is 19.9 Å². The summed E-state index contributed by atoms with van der Waals surface area (Å²) in [4.78, 5) is 30.9. The number of nitrogens with zero attached hydrogens (tertiary/aromatic N) is 1. The van der Waals surface area contributed by atoms with Crippen molar-refractivity contribution in [2.24, 2.45) is 0 Å². The molecule has 3 aromatic rings. The average molecular weight is 420 g/mol. The van der Waals surface area contributed by atoms with E-state index in [1.807, 2.05) is 54.3 Å². The number of nitrogens with one attached hydrogen (secondary N) is 2. The van der Waals surface area contributed by atoms with Gasteiger partial charge in [0.15, 0.2) is 0 Å². The number of para-hydroxylation sites is 2. The maximum Gasteiger partial charge on any atom is 0.322 e. The van der Waals surface area contributed by atoms with Crippen LogP contribution in [0.4, 0.5) is 10.5 Å². The summed E-state index contributed by atoms with van der Waals surface area (Å²) < 4.78 is 5.38. The van der Waals surface area contributed by atoms with Crippen LogP contribution in [0.5, 0.6) is 5.75 Å². The molecule has 2 N–H and O–H groups in total. The van der Waals surface area contributed by atoms with Crippen LogP contribution >= 0.6 is 0 Å². The van der Waals surface area contributed by atoms with E-state index in [1.54, 1.807) is 7.11 Å². The third-order valence-electron chi connectivity index (χ3n) is 6.04. The number of urea groups is 1. The first-order chi connectivity index (χ1) is 15.0. The third-order valence-corrected chi connectivity index (χ3v) is 6.04. The van der Waals surface area contributed by atoms with Crippen molar-refractivity contribution in [3.8, 4) is 5.75 Å². The third kappa shape index (κ3) is 4.74. The van der Waals surface area contributed by atoms with Crippen LogP contribution in [-0.4, -0.2) is 29.1 Å². The number of fused-ring (bicyclic) bond motifs is 1. The molecule has 0 atom stereocenters. The molecular weight excluding hydrogens is 390 g/mol. The number of ether oxygens (including phenoxy) is 1. The molecule has 6 nitrogen and oxygen atoms in total. The smallest absolute Gasteiger partial charge is 0.322 e. The Balaban J connectivity index is 1.65. The van der Waals surface area contributed by atoms with Gasteiger partial charge in [-0.25, -0.2) is 4.79 Å². The molecule has 1 aromatic heterocycles. The van der Waals surface area contributed by atoms with Crippen LogP contribution in [-0.2, 0) is 6.54 Å². The lowest BCUT2D eigenvalue weighted by molar-refractivity contribution is 0.162. The van der Waals surface area contributed by atoms with Gasteiger partial charge in [0.1, 0.15) is 5.75 Å². The van der Waals surface area contributed by atoms with Crippen molar-refractivity contribution < 1.29 is 9.53 Å². The lowest BCUT2D eigenvalue weighted by Crippen LogP contribution is -2.44. The van der Waals surface area contributed by atoms with Crippen LogP contribution in [0.25, 0.3) is 10.9 Å². The monoisotopic (exact) mass is 419 g/mol. The second kappa shape index (κ2) is 9.25. The van der Waals surface area contributed by atoms with Crippen molar-refractivity contribution in [1.82, 2.24) is 9.88 Å². The van der Waals surface area contributed by atoms with Gasteiger partial charge in [-0.1, -0.05) is 43.0 Å². The van der Waals surface area contributed by atoms with Crippen LogP contribution in [0.1, 0.15) is 43.2 Å². The summed E-state index contributed by atoms with van der Waals surface area (Å²) in [6, 6.07) is 15.1. The Morgan fingerprint density at radius 2 is 1.90 bits per heavy atom. The molecule has 2 aromatic carbocycles. The predicted octanol–water partition coefficient (Wildman–Crippen LogP) is 5.21. The van der Waals surface area contributed by atoms with Crippen molar-refractivity contribution >= 4 is 22.6 Å². The van der Waals surface area contributed by atoms with Crippen LogP contribution in [0.15, 0.2) is 53.3 Å². The Morgan fingerprint density at radius 1 is 1.13 bits per heavy atom. The maximum absolute atomic E-state index is 13.4. The van der Waals surface area contributed by atoms with Gasteiger partial charge in [-0.15, -0.1) is 0 Å². The average Bonchev–Trinajstić information content (AvgIpc) is 2.78. The van der Waals surface area contributed by atoms with E-state index in [9.17, 15) is 9.59 Å². The summed E-state index contributed by atoms with van der Waals surface area (Å²) in [5.74, 6) is 0.610. The molecule has 4 rings (SSSR count). The fourth-order valence-corrected chi connectivity index (χ4v) is 4.37. The Labute approximate surface area is 182 Å². The number of methoxy groups -OCH3 is 1. The number of hydrogen-bond acceptors (Lipinski definition) is 3. The van der Waals surface area contributed by atoms with Gasteiger partial charge >= 0.3 is 6.03 Å². The summed E-state index contributed by atoms with van der Waals surface area (Å²) in [5.41, 5.74) is 3.01. The molecular formula is C25H29N3O3. The lowest BCUT2D eigenvalue weighted by atomic mass is 9.94. The SMILES string of the molecule is COc1ccccc1NC(=O)N(Cc1cc2cc(C)ccc2[nH]c1=O)C1CCCCC1. The first kappa shape index (κ1) is 21.0. The first-order valence-electron chi connectivity index (χ1n) is 10.9. The Kier molecular flexibility index (Phi) is 6.26. The van der Waals surface area contributed by atoms with Gasteiger partial charge in [0.05, 0.1) is 19.3 Å². The number of aryl methyl sites for hydroxylation is 1. The van der Waals surface area contributed by atoms with Crippen molar-refractivity contribution in [3.63, 3.8) is 0 Å². The van der Waals surface area contributed by atoms with Crippen molar-refractivity contribution in [3.05, 3.63) is 70.0 Å². The van der Waals surface area contributed by atoms with E-state index in [0.29, 0.717) is 17.0 Å². The summed E-state index contributed by atoms with van der Waals surface area (Å²) in [7, 11) is 1.58. The summed E-state index contributed by atoms with van der Waals surface area (Å²) in [5, 5.41) is 3.97. The van der Waals surface area contributed by atoms with E-state index in [4.69, 9.17) is 4.74 Å². The van der Waals surface area contributed by atoms with E-state index in [-0.39, 0.29) is 24.2 Å². The van der Waals surface area contributed by atoms with E-state index in [2.05, 4.69) is 16.4 Å². The number of rotatable bonds is 5. The van der Waals surface area contributed by atoms with Gasteiger partial charge in [-0.05, 0) is 55.5 Å². The van der Waals surface area contributed by atoms with Crippen molar-refractivity contribution in [1.29, 1.82) is 0 Å². The summed E-state index contributed by atoms with van der Waals surface area (Å²) >= 11 is 0. The molecule has 0 spiro atoms.